The van der Waals surface area contributed by atoms with E-state index in [1.54, 1.807) is 11.7 Å². The van der Waals surface area contributed by atoms with Crippen LogP contribution in [-0.2, 0) is 11.3 Å². The van der Waals surface area contributed by atoms with E-state index in [9.17, 15) is 9.59 Å². The molecular weight excluding hydrogens is 532 g/mol. The quantitative estimate of drug-likeness (QED) is 0.284. The highest BCUT2D eigenvalue weighted by Crippen LogP contribution is 2.32. The maximum absolute atomic E-state index is 14.1. The van der Waals surface area contributed by atoms with Crippen LogP contribution >= 0.6 is 11.3 Å². The lowest BCUT2D eigenvalue weighted by molar-refractivity contribution is -0.113. The molecule has 3 heterocycles. The van der Waals surface area contributed by atoms with E-state index < -0.39 is 6.04 Å². The molecule has 2 aromatic heterocycles. The van der Waals surface area contributed by atoms with Gasteiger partial charge in [-0.05, 0) is 48.9 Å². The van der Waals surface area contributed by atoms with Crippen LogP contribution in [0.25, 0.3) is 17.0 Å². The van der Waals surface area contributed by atoms with Crippen molar-refractivity contribution >= 4 is 39.9 Å². The summed E-state index contributed by atoms with van der Waals surface area (Å²) in [4.78, 5) is 33.2. The largest absolute Gasteiger partial charge is 0.497 e. The Morgan fingerprint density at radius 1 is 1.10 bits per heavy atom. The lowest BCUT2D eigenvalue weighted by Crippen LogP contribution is -2.40. The van der Waals surface area contributed by atoms with E-state index in [1.807, 2.05) is 98.1 Å². The normalized spacial score (nSPS) is 15.0. The Labute approximate surface area is 240 Å². The second-order valence-electron chi connectivity index (χ2n) is 9.72. The van der Waals surface area contributed by atoms with Crippen molar-refractivity contribution in [1.82, 2.24) is 9.13 Å². The summed E-state index contributed by atoms with van der Waals surface area (Å²) in [5.41, 5.74) is 4.17. The van der Waals surface area contributed by atoms with Crippen LogP contribution in [0.4, 0.5) is 5.69 Å². The van der Waals surface area contributed by atoms with Crippen molar-refractivity contribution in [1.29, 1.82) is 0 Å². The highest BCUT2D eigenvalue weighted by molar-refractivity contribution is 7.07. The maximum atomic E-state index is 14.1. The number of hydrogen-bond donors (Lipinski definition) is 1. The minimum absolute atomic E-state index is 0.209. The number of carbonyl (C=O) groups excluding carboxylic acids is 1. The molecule has 1 N–H and O–H groups in total. The van der Waals surface area contributed by atoms with Gasteiger partial charge in [-0.2, -0.15) is 0 Å². The number of para-hydroxylation sites is 2. The predicted octanol–water partition coefficient (Wildman–Crippen LogP) is 5.02. The number of nitrogens with zero attached hydrogens (tertiary/aromatic N) is 3. The molecule has 1 atom stereocenters. The molecule has 3 aromatic carbocycles. The number of amides is 1. The van der Waals surface area contributed by atoms with E-state index in [2.05, 4.69) is 22.5 Å². The first-order chi connectivity index (χ1) is 20.0. The lowest BCUT2D eigenvalue weighted by Gasteiger charge is -2.25. The van der Waals surface area contributed by atoms with Crippen LogP contribution in [0.15, 0.2) is 119 Å². The van der Waals surface area contributed by atoms with Crippen molar-refractivity contribution in [2.75, 3.05) is 12.4 Å². The molecule has 7 nitrogen and oxygen atoms in total. The van der Waals surface area contributed by atoms with Crippen LogP contribution in [0.5, 0.6) is 5.75 Å². The third kappa shape index (κ3) is 4.83. The van der Waals surface area contributed by atoms with Gasteiger partial charge in [0.15, 0.2) is 4.80 Å². The number of carbonyl (C=O) groups is 1. The number of anilines is 1. The first-order valence-electron chi connectivity index (χ1n) is 13.2. The Bertz CT molecular complexity index is 2010. The van der Waals surface area contributed by atoms with Gasteiger partial charge in [0.1, 0.15) is 5.75 Å². The zero-order valence-electron chi connectivity index (χ0n) is 22.7. The number of hydrogen-bond acceptors (Lipinski definition) is 5. The topological polar surface area (TPSA) is 77.6 Å². The van der Waals surface area contributed by atoms with Gasteiger partial charge in [-0.3, -0.25) is 14.2 Å². The summed E-state index contributed by atoms with van der Waals surface area (Å²) in [6.45, 7) is 6.35. The zero-order chi connectivity index (χ0) is 28.5. The van der Waals surface area contributed by atoms with Gasteiger partial charge < -0.3 is 14.6 Å². The SMILES string of the molecule is C=CCn1cc(/C=c2\sc3n(c2=O)C(c2cccc(OC)c2)C(C(=O)Nc2ccccc2)=C(C)N=3)c2ccccc21. The van der Waals surface area contributed by atoms with Crippen LogP contribution in [0.3, 0.4) is 0 Å². The average Bonchev–Trinajstić information content (AvgIpc) is 3.49. The number of thiazole rings is 1. The minimum atomic E-state index is -0.686. The summed E-state index contributed by atoms with van der Waals surface area (Å²) in [6, 6.07) is 24.1. The fourth-order valence-electron chi connectivity index (χ4n) is 5.28. The van der Waals surface area contributed by atoms with Crippen LogP contribution in [-0.4, -0.2) is 22.2 Å². The molecule has 8 heteroatoms. The molecule has 0 bridgehead atoms. The van der Waals surface area contributed by atoms with E-state index in [0.717, 1.165) is 22.0 Å². The fourth-order valence-corrected chi connectivity index (χ4v) is 6.32. The molecule has 0 aliphatic carbocycles. The molecule has 41 heavy (non-hydrogen) atoms. The highest BCUT2D eigenvalue weighted by atomic mass is 32.1. The maximum Gasteiger partial charge on any atom is 0.271 e. The molecular formula is C33H28N4O3S. The minimum Gasteiger partial charge on any atom is -0.497 e. The second-order valence-corrected chi connectivity index (χ2v) is 10.7. The fraction of sp³-hybridized carbons (Fsp3) is 0.121. The van der Waals surface area contributed by atoms with Gasteiger partial charge in [-0.25, -0.2) is 4.99 Å². The van der Waals surface area contributed by atoms with Gasteiger partial charge >= 0.3 is 0 Å². The number of rotatable bonds is 7. The van der Waals surface area contributed by atoms with Crippen molar-refractivity contribution in [3.63, 3.8) is 0 Å². The third-order valence-electron chi connectivity index (χ3n) is 7.14. The number of nitrogens with one attached hydrogen (secondary N) is 1. The molecule has 1 aliphatic rings. The van der Waals surface area contributed by atoms with E-state index in [4.69, 9.17) is 9.73 Å². The van der Waals surface area contributed by atoms with Crippen molar-refractivity contribution in [2.45, 2.75) is 19.5 Å². The van der Waals surface area contributed by atoms with Gasteiger partial charge in [0.2, 0.25) is 0 Å². The smallest absolute Gasteiger partial charge is 0.271 e. The van der Waals surface area contributed by atoms with Gasteiger partial charge in [0.05, 0.1) is 29.0 Å². The van der Waals surface area contributed by atoms with Gasteiger partial charge in [0, 0.05) is 34.9 Å². The lowest BCUT2D eigenvalue weighted by atomic mass is 9.95. The molecule has 0 saturated carbocycles. The van der Waals surface area contributed by atoms with E-state index >= 15 is 0 Å². The first kappa shape index (κ1) is 26.3. The summed E-state index contributed by atoms with van der Waals surface area (Å²) in [6.07, 6.45) is 5.80. The molecule has 0 saturated heterocycles. The second kappa shape index (κ2) is 10.9. The molecule has 1 unspecified atom stereocenters. The molecule has 1 aliphatic heterocycles. The Kier molecular flexibility index (Phi) is 6.99. The van der Waals surface area contributed by atoms with E-state index in [-0.39, 0.29) is 11.5 Å². The van der Waals surface area contributed by atoms with Crippen molar-refractivity contribution in [2.24, 2.45) is 4.99 Å². The van der Waals surface area contributed by atoms with Gasteiger partial charge in [-0.15, -0.1) is 6.58 Å². The van der Waals surface area contributed by atoms with Crippen LogP contribution in [0, 0.1) is 0 Å². The van der Waals surface area contributed by atoms with Crippen LogP contribution < -0.4 is 24.9 Å². The Hall–Kier alpha value is -4.95. The zero-order valence-corrected chi connectivity index (χ0v) is 23.5. The van der Waals surface area contributed by atoms with Crippen molar-refractivity contribution in [3.05, 3.63) is 140 Å². The average molecular weight is 561 g/mol. The number of fused-ring (bicyclic) bond motifs is 2. The Balaban J connectivity index is 1.54. The molecule has 204 valence electrons. The molecule has 1 amide bonds. The van der Waals surface area contributed by atoms with Crippen molar-refractivity contribution < 1.29 is 9.53 Å². The Morgan fingerprint density at radius 3 is 2.66 bits per heavy atom. The molecule has 6 rings (SSSR count). The summed E-state index contributed by atoms with van der Waals surface area (Å²) in [7, 11) is 1.59. The van der Waals surface area contributed by atoms with E-state index in [1.165, 1.54) is 11.3 Å². The summed E-state index contributed by atoms with van der Waals surface area (Å²) in [5, 5.41) is 4.03. The standard InChI is InChI=1S/C33H28N4O3S/c1-4-17-36-20-23(26-15-8-9-16-27(26)36)19-28-32(39)37-30(22-11-10-14-25(18-22)40-3)29(21(2)34-33(37)41-28)31(38)35-24-12-6-5-7-13-24/h4-16,18-20,30H,1,17H2,2-3H3,(H,35,38)/b28-19-. The number of ether oxygens (including phenoxy) is 1. The summed E-state index contributed by atoms with van der Waals surface area (Å²) >= 11 is 1.32. The van der Waals surface area contributed by atoms with Crippen molar-refractivity contribution in [3.8, 4) is 5.75 Å². The molecule has 0 fully saturated rings. The van der Waals surface area contributed by atoms with E-state index in [0.29, 0.717) is 38.6 Å². The summed E-state index contributed by atoms with van der Waals surface area (Å²) < 4.78 is 9.76. The number of methoxy groups -OCH3 is 1. The number of aromatic nitrogens is 2. The molecule has 5 aromatic rings. The first-order valence-corrected chi connectivity index (χ1v) is 14.0. The highest BCUT2D eigenvalue weighted by Gasteiger charge is 2.32. The van der Waals surface area contributed by atoms with Gasteiger partial charge in [0.25, 0.3) is 11.5 Å². The Morgan fingerprint density at radius 2 is 1.88 bits per heavy atom. The molecule has 0 spiro atoms. The summed E-state index contributed by atoms with van der Waals surface area (Å²) in [5.74, 6) is 0.323. The van der Waals surface area contributed by atoms with Crippen LogP contribution in [0.2, 0.25) is 0 Å². The van der Waals surface area contributed by atoms with Crippen LogP contribution in [0.1, 0.15) is 24.1 Å². The van der Waals surface area contributed by atoms with Gasteiger partial charge in [-0.1, -0.05) is 65.9 Å². The number of benzene rings is 3. The predicted molar refractivity (Wildman–Crippen MR) is 164 cm³/mol. The third-order valence-corrected chi connectivity index (χ3v) is 8.12. The molecule has 0 radical (unpaired) electrons. The number of allylic oxidation sites excluding steroid dienone is 2. The monoisotopic (exact) mass is 560 g/mol.